The third-order valence-corrected chi connectivity index (χ3v) is 3.21. The summed E-state index contributed by atoms with van der Waals surface area (Å²) in [6.07, 6.45) is 0. The molecule has 0 aromatic heterocycles. The van der Waals surface area contributed by atoms with Gasteiger partial charge in [0.1, 0.15) is 0 Å². The van der Waals surface area contributed by atoms with E-state index in [-0.39, 0.29) is 5.75 Å². The van der Waals surface area contributed by atoms with Crippen LogP contribution >= 0.6 is 10.8 Å². The lowest BCUT2D eigenvalue weighted by atomic mass is 10.2. The first kappa shape index (κ1) is 9.57. The van der Waals surface area contributed by atoms with Gasteiger partial charge in [-0.3, -0.25) is 4.55 Å². The van der Waals surface area contributed by atoms with Crippen LogP contribution < -0.4 is 0 Å². The summed E-state index contributed by atoms with van der Waals surface area (Å²) in [5.41, 5.74) is 0.875. The zero-order valence-electron chi connectivity index (χ0n) is 6.17. The molecule has 1 N–H and O–H groups in total. The van der Waals surface area contributed by atoms with Crippen molar-refractivity contribution in [3.63, 3.8) is 0 Å². The van der Waals surface area contributed by atoms with Crippen molar-refractivity contribution >= 4 is 19.9 Å². The molecule has 0 saturated carbocycles. The molecule has 0 aliphatic carbocycles. The summed E-state index contributed by atoms with van der Waals surface area (Å²) in [4.78, 5) is 0. The average Bonchev–Trinajstić information content (AvgIpc) is 2.02. The van der Waals surface area contributed by atoms with Crippen molar-refractivity contribution in [1.82, 2.24) is 0 Å². The molecule has 0 fully saturated rings. The maximum atomic E-state index is 10.3. The fraction of sp³-hybridized carbons (Fsp3) is 0.143. The SMILES string of the molecule is O=S(=O)(O)SCc1ccccc1. The van der Waals surface area contributed by atoms with Gasteiger partial charge in [-0.2, -0.15) is 8.42 Å². The average molecular weight is 204 g/mol. The molecule has 1 aromatic carbocycles. The highest BCUT2D eigenvalue weighted by molar-refractivity contribution is 8.69. The minimum Gasteiger partial charge on any atom is -0.277 e. The molecule has 0 radical (unpaired) electrons. The molecule has 1 aromatic rings. The van der Waals surface area contributed by atoms with Gasteiger partial charge in [0.2, 0.25) is 0 Å². The van der Waals surface area contributed by atoms with Gasteiger partial charge in [0.15, 0.2) is 0 Å². The summed E-state index contributed by atoms with van der Waals surface area (Å²) in [6, 6.07) is 9.09. The van der Waals surface area contributed by atoms with Crippen molar-refractivity contribution < 1.29 is 13.0 Å². The summed E-state index contributed by atoms with van der Waals surface area (Å²) in [5, 5.41) is 0. The van der Waals surface area contributed by atoms with E-state index in [2.05, 4.69) is 0 Å². The van der Waals surface area contributed by atoms with Crippen LogP contribution in [0.15, 0.2) is 30.3 Å². The van der Waals surface area contributed by atoms with Crippen LogP contribution in [0.3, 0.4) is 0 Å². The Kier molecular flexibility index (Phi) is 3.13. The molecular formula is C7H8O3S2. The molecule has 0 bridgehead atoms. The number of hydrogen-bond donors (Lipinski definition) is 1. The highest BCUT2D eigenvalue weighted by atomic mass is 33.1. The third-order valence-electron chi connectivity index (χ3n) is 1.22. The Morgan fingerprint density at radius 3 is 2.33 bits per heavy atom. The van der Waals surface area contributed by atoms with Crippen LogP contribution in [-0.4, -0.2) is 13.0 Å². The molecule has 5 heteroatoms. The quantitative estimate of drug-likeness (QED) is 0.601. The van der Waals surface area contributed by atoms with E-state index in [0.717, 1.165) is 5.56 Å². The van der Waals surface area contributed by atoms with Crippen LogP contribution in [0.25, 0.3) is 0 Å². The molecule has 0 aliphatic heterocycles. The molecule has 3 nitrogen and oxygen atoms in total. The van der Waals surface area contributed by atoms with Gasteiger partial charge in [-0.25, -0.2) is 0 Å². The lowest BCUT2D eigenvalue weighted by Crippen LogP contribution is -1.90. The van der Waals surface area contributed by atoms with Gasteiger partial charge in [-0.1, -0.05) is 30.3 Å². The summed E-state index contributed by atoms with van der Waals surface area (Å²) in [6.45, 7) is 0. The maximum Gasteiger partial charge on any atom is 0.320 e. The summed E-state index contributed by atoms with van der Waals surface area (Å²) in [7, 11) is -3.39. The van der Waals surface area contributed by atoms with Gasteiger partial charge >= 0.3 is 9.15 Å². The predicted molar refractivity (Wildman–Crippen MR) is 49.3 cm³/mol. The highest BCUT2D eigenvalue weighted by Gasteiger charge is 2.04. The van der Waals surface area contributed by atoms with Gasteiger partial charge in [-0.15, -0.1) is 0 Å². The Balaban J connectivity index is 2.56. The molecule has 12 heavy (non-hydrogen) atoms. The van der Waals surface area contributed by atoms with E-state index in [1.54, 1.807) is 12.1 Å². The van der Waals surface area contributed by atoms with Crippen molar-refractivity contribution in [2.24, 2.45) is 0 Å². The normalized spacial score (nSPS) is 11.4. The Hall–Kier alpha value is -0.520. The summed E-state index contributed by atoms with van der Waals surface area (Å²) in [5.74, 6) is 0.277. The smallest absolute Gasteiger partial charge is 0.277 e. The van der Waals surface area contributed by atoms with Gasteiger partial charge < -0.3 is 0 Å². The maximum absolute atomic E-state index is 10.3. The molecule has 66 valence electrons. The zero-order valence-corrected chi connectivity index (χ0v) is 7.81. The Morgan fingerprint density at radius 1 is 1.25 bits per heavy atom. The molecule has 0 saturated heterocycles. The van der Waals surface area contributed by atoms with E-state index in [4.69, 9.17) is 4.55 Å². The van der Waals surface area contributed by atoms with Gasteiger partial charge in [0, 0.05) is 16.5 Å². The first-order valence-electron chi connectivity index (χ1n) is 3.24. The molecular weight excluding hydrogens is 196 g/mol. The largest absolute Gasteiger partial charge is 0.320 e. The standard InChI is InChI=1S/C7H8O3S2/c8-12(9,10)11-6-7-4-2-1-3-5-7/h1-5H,6H2,(H,8,9,10). The van der Waals surface area contributed by atoms with E-state index in [1.165, 1.54) is 0 Å². The minimum atomic E-state index is -3.91. The van der Waals surface area contributed by atoms with Gasteiger partial charge in [0.05, 0.1) is 0 Å². The molecule has 0 unspecified atom stereocenters. The Labute approximate surface area is 74.9 Å². The van der Waals surface area contributed by atoms with Crippen molar-refractivity contribution in [2.75, 3.05) is 0 Å². The molecule has 0 aliphatic rings. The van der Waals surface area contributed by atoms with E-state index in [1.807, 2.05) is 18.2 Å². The lowest BCUT2D eigenvalue weighted by Gasteiger charge is -1.96. The molecule has 0 amide bonds. The monoisotopic (exact) mass is 204 g/mol. The van der Waals surface area contributed by atoms with Crippen LogP contribution in [0.1, 0.15) is 5.56 Å². The molecule has 0 atom stereocenters. The predicted octanol–water partition coefficient (Wildman–Crippen LogP) is 1.72. The first-order valence-corrected chi connectivity index (χ1v) is 6.18. The lowest BCUT2D eigenvalue weighted by molar-refractivity contribution is 0.503. The highest BCUT2D eigenvalue weighted by Crippen LogP contribution is 2.16. The van der Waals surface area contributed by atoms with Crippen LogP contribution in [0, 0.1) is 0 Å². The van der Waals surface area contributed by atoms with Crippen molar-refractivity contribution in [3.8, 4) is 0 Å². The fourth-order valence-corrected chi connectivity index (χ4v) is 2.05. The minimum absolute atomic E-state index is 0.277. The second-order valence-electron chi connectivity index (χ2n) is 2.18. The second kappa shape index (κ2) is 3.93. The Bertz CT molecular complexity index is 331. The van der Waals surface area contributed by atoms with Crippen LogP contribution in [0.5, 0.6) is 0 Å². The van der Waals surface area contributed by atoms with Crippen molar-refractivity contribution in [3.05, 3.63) is 35.9 Å². The van der Waals surface area contributed by atoms with E-state index < -0.39 is 9.15 Å². The van der Waals surface area contributed by atoms with Gasteiger partial charge in [0.25, 0.3) is 0 Å². The van der Waals surface area contributed by atoms with Gasteiger partial charge in [-0.05, 0) is 5.56 Å². The molecule has 1 rings (SSSR count). The first-order chi connectivity index (χ1) is 5.58. The van der Waals surface area contributed by atoms with Crippen LogP contribution in [0.2, 0.25) is 0 Å². The zero-order chi connectivity index (χ0) is 9.03. The number of hydrogen-bond acceptors (Lipinski definition) is 3. The molecule has 0 spiro atoms. The Morgan fingerprint density at radius 2 is 1.83 bits per heavy atom. The second-order valence-corrected chi connectivity index (χ2v) is 5.53. The van der Waals surface area contributed by atoms with Crippen molar-refractivity contribution in [1.29, 1.82) is 0 Å². The number of rotatable bonds is 3. The number of benzene rings is 1. The van der Waals surface area contributed by atoms with Crippen LogP contribution in [-0.2, 0) is 14.9 Å². The van der Waals surface area contributed by atoms with Crippen LogP contribution in [0.4, 0.5) is 0 Å². The third kappa shape index (κ3) is 3.75. The summed E-state index contributed by atoms with van der Waals surface area (Å²) >= 11 is 0. The van der Waals surface area contributed by atoms with E-state index in [0.29, 0.717) is 10.8 Å². The van der Waals surface area contributed by atoms with E-state index in [9.17, 15) is 8.42 Å². The molecule has 0 heterocycles. The topological polar surface area (TPSA) is 54.4 Å². The summed E-state index contributed by atoms with van der Waals surface area (Å²) < 4.78 is 29.1. The van der Waals surface area contributed by atoms with E-state index >= 15 is 0 Å². The van der Waals surface area contributed by atoms with Crippen molar-refractivity contribution in [2.45, 2.75) is 5.75 Å². The fourth-order valence-electron chi connectivity index (χ4n) is 0.717.